The number of anilines is 1. The number of rotatable bonds is 2. The summed E-state index contributed by atoms with van der Waals surface area (Å²) in [4.78, 5) is 11.8. The number of aromatic nitrogens is 1. The maximum Gasteiger partial charge on any atom is 0.292 e. The molecule has 1 amide bonds. The van der Waals surface area contributed by atoms with Crippen LogP contribution in [0.4, 0.5) is 5.82 Å². The molecule has 2 heterocycles. The third-order valence-corrected chi connectivity index (χ3v) is 2.90. The average Bonchev–Trinajstić information content (AvgIpc) is 2.99. The second kappa shape index (κ2) is 4.30. The summed E-state index contributed by atoms with van der Waals surface area (Å²) in [5.74, 6) is 0.226. The van der Waals surface area contributed by atoms with Gasteiger partial charge in [0.25, 0.3) is 5.91 Å². The first kappa shape index (κ1) is 11.0. The number of hydrogen-bond donors (Lipinski definition) is 1. The molecule has 2 aromatic heterocycles. The van der Waals surface area contributed by atoms with Gasteiger partial charge in [-0.3, -0.25) is 4.79 Å². The molecule has 1 aromatic carbocycles. The van der Waals surface area contributed by atoms with Crippen LogP contribution in [0.3, 0.4) is 0 Å². The summed E-state index contributed by atoms with van der Waals surface area (Å²) in [7, 11) is 0. The molecule has 0 unspecified atom stereocenters. The minimum Gasteiger partial charge on any atom is -0.459 e. The Morgan fingerprint density at radius 2 is 2.22 bits per heavy atom. The zero-order valence-electron chi connectivity index (χ0n) is 9.01. The van der Waals surface area contributed by atoms with Crippen LogP contribution in [0, 0.1) is 0 Å². The standard InChI is InChI=1S/C12H7BrN2O3/c13-7-3-4-9-8(6-7)11(15-18-9)14-12(16)10-2-1-5-17-10/h1-6H,(H,14,15,16). The Kier molecular flexibility index (Phi) is 2.64. The second-order valence-corrected chi connectivity index (χ2v) is 4.52. The average molecular weight is 307 g/mol. The minimum atomic E-state index is -0.366. The molecule has 0 atom stereocenters. The van der Waals surface area contributed by atoms with Gasteiger partial charge in [-0.25, -0.2) is 0 Å². The van der Waals surface area contributed by atoms with Crippen molar-refractivity contribution in [1.29, 1.82) is 0 Å². The molecule has 6 heteroatoms. The van der Waals surface area contributed by atoms with E-state index in [1.807, 2.05) is 12.1 Å². The Morgan fingerprint density at radius 1 is 1.33 bits per heavy atom. The van der Waals surface area contributed by atoms with Crippen molar-refractivity contribution in [2.75, 3.05) is 5.32 Å². The van der Waals surface area contributed by atoms with Crippen LogP contribution >= 0.6 is 15.9 Å². The molecule has 0 aliphatic heterocycles. The number of nitrogens with one attached hydrogen (secondary N) is 1. The van der Waals surface area contributed by atoms with Gasteiger partial charge in [0.1, 0.15) is 0 Å². The molecule has 90 valence electrons. The van der Waals surface area contributed by atoms with E-state index < -0.39 is 0 Å². The highest BCUT2D eigenvalue weighted by atomic mass is 79.9. The van der Waals surface area contributed by atoms with Gasteiger partial charge in [0.05, 0.1) is 11.6 Å². The molecule has 0 fully saturated rings. The van der Waals surface area contributed by atoms with E-state index in [4.69, 9.17) is 8.94 Å². The molecule has 0 aliphatic carbocycles. The molecule has 0 saturated heterocycles. The van der Waals surface area contributed by atoms with Crippen molar-refractivity contribution in [3.8, 4) is 0 Å². The number of hydrogen-bond acceptors (Lipinski definition) is 4. The van der Waals surface area contributed by atoms with Crippen LogP contribution in [0.15, 0.2) is 50.0 Å². The monoisotopic (exact) mass is 306 g/mol. The Balaban J connectivity index is 1.95. The fourth-order valence-corrected chi connectivity index (χ4v) is 1.94. The fraction of sp³-hybridized carbons (Fsp3) is 0. The van der Waals surface area contributed by atoms with Gasteiger partial charge < -0.3 is 14.3 Å². The molecular formula is C12H7BrN2O3. The van der Waals surface area contributed by atoms with Crippen LogP contribution in [-0.2, 0) is 0 Å². The molecule has 0 spiro atoms. The lowest BCUT2D eigenvalue weighted by molar-refractivity contribution is 0.0996. The van der Waals surface area contributed by atoms with Crippen molar-refractivity contribution >= 4 is 38.6 Å². The Labute approximate surface area is 110 Å². The summed E-state index contributed by atoms with van der Waals surface area (Å²) >= 11 is 3.36. The lowest BCUT2D eigenvalue weighted by Gasteiger charge is -1.98. The predicted octanol–water partition coefficient (Wildman–Crippen LogP) is 3.44. The van der Waals surface area contributed by atoms with Gasteiger partial charge in [-0.15, -0.1) is 0 Å². The molecule has 3 aromatic rings. The van der Waals surface area contributed by atoms with Gasteiger partial charge in [-0.1, -0.05) is 21.1 Å². The summed E-state index contributed by atoms with van der Waals surface area (Å²) in [6, 6.07) is 8.66. The van der Waals surface area contributed by atoms with Crippen LogP contribution in [-0.4, -0.2) is 11.1 Å². The highest BCUT2D eigenvalue weighted by Crippen LogP contribution is 2.26. The van der Waals surface area contributed by atoms with Crippen molar-refractivity contribution in [3.05, 3.63) is 46.8 Å². The van der Waals surface area contributed by atoms with Crippen molar-refractivity contribution in [2.45, 2.75) is 0 Å². The number of benzene rings is 1. The molecular weight excluding hydrogens is 300 g/mol. The molecule has 1 N–H and O–H groups in total. The topological polar surface area (TPSA) is 68.3 Å². The van der Waals surface area contributed by atoms with Crippen molar-refractivity contribution in [2.24, 2.45) is 0 Å². The van der Waals surface area contributed by atoms with Crippen molar-refractivity contribution < 1.29 is 13.7 Å². The number of nitrogens with zero attached hydrogens (tertiary/aromatic N) is 1. The Hall–Kier alpha value is -2.08. The van der Waals surface area contributed by atoms with E-state index >= 15 is 0 Å². The fourth-order valence-electron chi connectivity index (χ4n) is 1.58. The molecule has 0 aliphatic rings. The summed E-state index contributed by atoms with van der Waals surface area (Å²) in [5.41, 5.74) is 0.605. The molecule has 0 radical (unpaired) electrons. The zero-order valence-corrected chi connectivity index (χ0v) is 10.6. The normalized spacial score (nSPS) is 10.7. The summed E-state index contributed by atoms with van der Waals surface area (Å²) in [6.07, 6.45) is 1.44. The summed E-state index contributed by atoms with van der Waals surface area (Å²) < 4.78 is 11.0. The lowest BCUT2D eigenvalue weighted by atomic mass is 10.2. The van der Waals surface area contributed by atoms with Crippen LogP contribution in [0.5, 0.6) is 0 Å². The molecule has 0 bridgehead atoms. The number of carbonyl (C=O) groups excluding carboxylic acids is 1. The maximum atomic E-state index is 11.8. The third-order valence-electron chi connectivity index (χ3n) is 2.41. The number of carbonyl (C=O) groups is 1. The highest BCUT2D eigenvalue weighted by molar-refractivity contribution is 9.10. The molecule has 0 saturated carbocycles. The quantitative estimate of drug-likeness (QED) is 0.787. The van der Waals surface area contributed by atoms with Crippen LogP contribution in [0.25, 0.3) is 11.0 Å². The van der Waals surface area contributed by atoms with Gasteiger partial charge in [-0.2, -0.15) is 0 Å². The zero-order chi connectivity index (χ0) is 12.5. The number of halogens is 1. The molecule has 3 rings (SSSR count). The van der Waals surface area contributed by atoms with Gasteiger partial charge in [0.15, 0.2) is 17.2 Å². The Bertz CT molecular complexity index is 703. The van der Waals surface area contributed by atoms with Crippen molar-refractivity contribution in [3.63, 3.8) is 0 Å². The van der Waals surface area contributed by atoms with Gasteiger partial charge >= 0.3 is 0 Å². The van der Waals surface area contributed by atoms with Crippen LogP contribution in [0.1, 0.15) is 10.6 Å². The highest BCUT2D eigenvalue weighted by Gasteiger charge is 2.14. The Morgan fingerprint density at radius 3 is 3.00 bits per heavy atom. The number of fused-ring (bicyclic) bond motifs is 1. The first-order valence-electron chi connectivity index (χ1n) is 5.14. The van der Waals surface area contributed by atoms with Gasteiger partial charge in [-0.05, 0) is 30.3 Å². The van der Waals surface area contributed by atoms with E-state index in [1.54, 1.807) is 18.2 Å². The van der Waals surface area contributed by atoms with E-state index in [1.165, 1.54) is 6.26 Å². The predicted molar refractivity (Wildman–Crippen MR) is 68.4 cm³/mol. The van der Waals surface area contributed by atoms with Gasteiger partial charge in [0.2, 0.25) is 0 Å². The molecule has 5 nitrogen and oxygen atoms in total. The minimum absolute atomic E-state index is 0.223. The SMILES string of the molecule is O=C(Nc1noc2ccc(Br)cc12)c1ccco1. The van der Waals surface area contributed by atoms with E-state index in [0.717, 1.165) is 9.86 Å². The van der Waals surface area contributed by atoms with E-state index in [-0.39, 0.29) is 11.7 Å². The summed E-state index contributed by atoms with van der Waals surface area (Å²) in [5, 5.41) is 7.18. The van der Waals surface area contributed by atoms with Gasteiger partial charge in [0, 0.05) is 4.47 Å². The maximum absolute atomic E-state index is 11.8. The van der Waals surface area contributed by atoms with E-state index in [2.05, 4.69) is 26.4 Å². The summed E-state index contributed by atoms with van der Waals surface area (Å²) in [6.45, 7) is 0. The van der Waals surface area contributed by atoms with E-state index in [9.17, 15) is 4.79 Å². The first-order chi connectivity index (χ1) is 8.74. The smallest absolute Gasteiger partial charge is 0.292 e. The largest absolute Gasteiger partial charge is 0.459 e. The third kappa shape index (κ3) is 1.91. The second-order valence-electron chi connectivity index (χ2n) is 3.60. The van der Waals surface area contributed by atoms with Crippen molar-refractivity contribution in [1.82, 2.24) is 5.16 Å². The van der Waals surface area contributed by atoms with Crippen LogP contribution in [0.2, 0.25) is 0 Å². The van der Waals surface area contributed by atoms with Crippen LogP contribution < -0.4 is 5.32 Å². The first-order valence-corrected chi connectivity index (χ1v) is 5.93. The lowest BCUT2D eigenvalue weighted by Crippen LogP contribution is -2.11. The number of amides is 1. The number of furan rings is 1. The van der Waals surface area contributed by atoms with E-state index in [0.29, 0.717) is 11.4 Å². The molecule has 18 heavy (non-hydrogen) atoms.